The number of hydrogen-bond acceptors (Lipinski definition) is 3. The van der Waals surface area contributed by atoms with Crippen molar-refractivity contribution in [3.8, 4) is 0 Å². The van der Waals surface area contributed by atoms with Gasteiger partial charge in [-0.3, -0.25) is 4.99 Å². The van der Waals surface area contributed by atoms with E-state index in [0.29, 0.717) is 12.6 Å². The maximum Gasteiger partial charge on any atom is 0.191 e. The molecular weight excluding hydrogens is 264 g/mol. The predicted octanol–water partition coefficient (Wildman–Crippen LogP) is 2.87. The molecule has 0 bridgehead atoms. The first-order chi connectivity index (χ1) is 10.2. The third-order valence-electron chi connectivity index (χ3n) is 4.32. The molecule has 5 heteroatoms. The zero-order valence-electron chi connectivity index (χ0n) is 13.5. The molecule has 118 valence electrons. The first-order valence-electron chi connectivity index (χ1n) is 8.16. The fourth-order valence-electron chi connectivity index (χ4n) is 2.96. The van der Waals surface area contributed by atoms with Gasteiger partial charge >= 0.3 is 0 Å². The van der Waals surface area contributed by atoms with Gasteiger partial charge in [0.25, 0.3) is 0 Å². The minimum Gasteiger partial charge on any atom is -0.359 e. The summed E-state index contributed by atoms with van der Waals surface area (Å²) in [6.07, 6.45) is 7.35. The third kappa shape index (κ3) is 4.76. The minimum atomic E-state index is 0.538. The Hall–Kier alpha value is -1.52. The summed E-state index contributed by atoms with van der Waals surface area (Å²) in [6, 6.07) is 2.53. The molecule has 0 radical (unpaired) electrons. The van der Waals surface area contributed by atoms with Crippen LogP contribution in [0.4, 0.5) is 0 Å². The van der Waals surface area contributed by atoms with Gasteiger partial charge in [-0.25, -0.2) is 0 Å². The molecule has 0 aliphatic heterocycles. The average molecular weight is 292 g/mol. The second-order valence-corrected chi connectivity index (χ2v) is 5.85. The van der Waals surface area contributed by atoms with Crippen LogP contribution in [0.3, 0.4) is 0 Å². The molecule has 21 heavy (non-hydrogen) atoms. The van der Waals surface area contributed by atoms with Gasteiger partial charge in [-0.15, -0.1) is 0 Å². The number of rotatable bonds is 5. The van der Waals surface area contributed by atoms with Crippen LogP contribution in [0, 0.1) is 5.92 Å². The summed E-state index contributed by atoms with van der Waals surface area (Å²) in [5, 5.41) is 10.8. The van der Waals surface area contributed by atoms with Gasteiger partial charge in [0, 0.05) is 19.2 Å². The third-order valence-corrected chi connectivity index (χ3v) is 4.32. The highest BCUT2D eigenvalue weighted by Gasteiger charge is 2.21. The van der Waals surface area contributed by atoms with Crippen LogP contribution in [-0.2, 0) is 13.0 Å². The van der Waals surface area contributed by atoms with Crippen LogP contribution >= 0.6 is 0 Å². The number of aryl methyl sites for hydroxylation is 1. The van der Waals surface area contributed by atoms with E-state index in [2.05, 4.69) is 34.6 Å². The Morgan fingerprint density at radius 2 is 2.29 bits per heavy atom. The molecule has 0 amide bonds. The molecule has 1 fully saturated rings. The number of hydrogen-bond donors (Lipinski definition) is 2. The summed E-state index contributed by atoms with van der Waals surface area (Å²) in [5.74, 6) is 2.56. The highest BCUT2D eigenvalue weighted by Crippen LogP contribution is 2.26. The highest BCUT2D eigenvalue weighted by molar-refractivity contribution is 5.79. The van der Waals surface area contributed by atoms with Crippen LogP contribution in [0.15, 0.2) is 15.6 Å². The van der Waals surface area contributed by atoms with E-state index in [1.807, 2.05) is 13.1 Å². The first kappa shape index (κ1) is 15.9. The van der Waals surface area contributed by atoms with Gasteiger partial charge in [0.15, 0.2) is 11.7 Å². The maximum atomic E-state index is 5.28. The van der Waals surface area contributed by atoms with Crippen molar-refractivity contribution in [2.24, 2.45) is 10.9 Å². The molecule has 2 atom stereocenters. The van der Waals surface area contributed by atoms with Gasteiger partial charge in [-0.1, -0.05) is 38.3 Å². The van der Waals surface area contributed by atoms with Gasteiger partial charge in [-0.2, -0.15) is 0 Å². The molecule has 1 saturated carbocycles. The zero-order chi connectivity index (χ0) is 15.1. The molecule has 1 aliphatic carbocycles. The van der Waals surface area contributed by atoms with Crippen molar-refractivity contribution in [1.82, 2.24) is 15.8 Å². The molecule has 2 N–H and O–H groups in total. The largest absolute Gasteiger partial charge is 0.359 e. The standard InChI is InChI=1S/C16H28N4O/c1-4-12-7-6-8-14(9-12)19-16(17-3)18-11-15-10-13(5-2)20-21-15/h10,12,14H,4-9,11H2,1-3H3,(H2,17,18,19). The summed E-state index contributed by atoms with van der Waals surface area (Å²) >= 11 is 0. The van der Waals surface area contributed by atoms with Crippen LogP contribution in [0.1, 0.15) is 57.4 Å². The van der Waals surface area contributed by atoms with E-state index in [1.54, 1.807) is 0 Å². The molecule has 2 rings (SSSR count). The second kappa shape index (κ2) is 8.05. The topological polar surface area (TPSA) is 62.5 Å². The zero-order valence-corrected chi connectivity index (χ0v) is 13.5. The van der Waals surface area contributed by atoms with Gasteiger partial charge in [0.05, 0.1) is 12.2 Å². The lowest BCUT2D eigenvalue weighted by molar-refractivity contribution is 0.298. The van der Waals surface area contributed by atoms with Crippen molar-refractivity contribution in [1.29, 1.82) is 0 Å². The lowest BCUT2D eigenvalue weighted by atomic mass is 9.84. The molecule has 0 aromatic carbocycles. The number of nitrogens with one attached hydrogen (secondary N) is 2. The number of aliphatic imine (C=N–C) groups is 1. The van der Waals surface area contributed by atoms with Gasteiger partial charge < -0.3 is 15.2 Å². The van der Waals surface area contributed by atoms with E-state index < -0.39 is 0 Å². The summed E-state index contributed by atoms with van der Waals surface area (Å²) in [6.45, 7) is 4.98. The lowest BCUT2D eigenvalue weighted by Gasteiger charge is -2.30. The molecule has 1 aromatic rings. The van der Waals surface area contributed by atoms with Gasteiger partial charge in [0.1, 0.15) is 0 Å². The van der Waals surface area contributed by atoms with E-state index in [0.717, 1.165) is 29.8 Å². The molecular formula is C16H28N4O. The van der Waals surface area contributed by atoms with Crippen LogP contribution in [-0.4, -0.2) is 24.2 Å². The molecule has 1 aromatic heterocycles. The van der Waals surface area contributed by atoms with Crippen LogP contribution in [0.5, 0.6) is 0 Å². The van der Waals surface area contributed by atoms with Gasteiger partial charge in [-0.05, 0) is 25.2 Å². The molecule has 5 nitrogen and oxygen atoms in total. The first-order valence-corrected chi connectivity index (χ1v) is 8.16. The van der Waals surface area contributed by atoms with Gasteiger partial charge in [0.2, 0.25) is 0 Å². The summed E-state index contributed by atoms with van der Waals surface area (Å²) in [7, 11) is 1.81. The van der Waals surface area contributed by atoms with Crippen LogP contribution < -0.4 is 10.6 Å². The van der Waals surface area contributed by atoms with Crippen molar-refractivity contribution in [2.45, 2.75) is 65.0 Å². The number of guanidine groups is 1. The monoisotopic (exact) mass is 292 g/mol. The normalized spacial score (nSPS) is 23.1. The van der Waals surface area contributed by atoms with Crippen molar-refractivity contribution >= 4 is 5.96 Å². The second-order valence-electron chi connectivity index (χ2n) is 5.85. The minimum absolute atomic E-state index is 0.538. The van der Waals surface area contributed by atoms with Crippen molar-refractivity contribution in [3.63, 3.8) is 0 Å². The molecule has 2 unspecified atom stereocenters. The van der Waals surface area contributed by atoms with Crippen molar-refractivity contribution in [3.05, 3.63) is 17.5 Å². The fraction of sp³-hybridized carbons (Fsp3) is 0.750. The highest BCUT2D eigenvalue weighted by atomic mass is 16.5. The Morgan fingerprint density at radius 1 is 1.43 bits per heavy atom. The quantitative estimate of drug-likeness (QED) is 0.647. The number of nitrogens with zero attached hydrogens (tertiary/aromatic N) is 2. The lowest BCUT2D eigenvalue weighted by Crippen LogP contribution is -2.44. The van der Waals surface area contributed by atoms with E-state index >= 15 is 0 Å². The summed E-state index contributed by atoms with van der Waals surface area (Å²) in [5.41, 5.74) is 0.993. The summed E-state index contributed by atoms with van der Waals surface area (Å²) < 4.78 is 5.28. The molecule has 0 saturated heterocycles. The fourth-order valence-corrected chi connectivity index (χ4v) is 2.96. The molecule has 1 heterocycles. The Morgan fingerprint density at radius 3 is 2.95 bits per heavy atom. The van der Waals surface area contributed by atoms with E-state index in [1.165, 1.54) is 32.1 Å². The Balaban J connectivity index is 1.80. The van der Waals surface area contributed by atoms with Crippen molar-refractivity contribution in [2.75, 3.05) is 7.05 Å². The van der Waals surface area contributed by atoms with E-state index in [-0.39, 0.29) is 0 Å². The smallest absolute Gasteiger partial charge is 0.191 e. The maximum absolute atomic E-state index is 5.28. The van der Waals surface area contributed by atoms with Crippen LogP contribution in [0.2, 0.25) is 0 Å². The number of aromatic nitrogens is 1. The van der Waals surface area contributed by atoms with Crippen molar-refractivity contribution < 1.29 is 4.52 Å². The predicted molar refractivity (Wildman–Crippen MR) is 85.3 cm³/mol. The SMILES string of the molecule is CCc1cc(CNC(=NC)NC2CCCC(CC)C2)on1. The average Bonchev–Trinajstić information content (AvgIpc) is 2.99. The van der Waals surface area contributed by atoms with E-state index in [9.17, 15) is 0 Å². The van der Waals surface area contributed by atoms with E-state index in [4.69, 9.17) is 4.52 Å². The molecule has 0 spiro atoms. The summed E-state index contributed by atoms with van der Waals surface area (Å²) in [4.78, 5) is 4.31. The molecule has 1 aliphatic rings. The Labute approximate surface area is 127 Å². The Bertz CT molecular complexity index is 455. The van der Waals surface area contributed by atoms with Crippen LogP contribution in [0.25, 0.3) is 0 Å². The Kier molecular flexibility index (Phi) is 6.08.